The lowest BCUT2D eigenvalue weighted by Gasteiger charge is -2.16. The number of esters is 1. The Morgan fingerprint density at radius 3 is 2.50 bits per heavy atom. The summed E-state index contributed by atoms with van der Waals surface area (Å²) in [5.41, 5.74) is 1.06. The maximum absolute atomic E-state index is 12.3. The summed E-state index contributed by atoms with van der Waals surface area (Å²) >= 11 is 0. The highest BCUT2D eigenvalue weighted by molar-refractivity contribution is 5.87. The zero-order valence-corrected chi connectivity index (χ0v) is 14.0. The highest BCUT2D eigenvalue weighted by atomic mass is 16.6. The Balaban J connectivity index is 1.54. The molecule has 7 heteroatoms. The van der Waals surface area contributed by atoms with Gasteiger partial charge in [-0.15, -0.1) is 0 Å². The smallest absolute Gasteiger partial charge is 0.316 e. The molecule has 2 aromatic carbocycles. The minimum Gasteiger partial charge on any atom is -0.426 e. The van der Waals surface area contributed by atoms with Gasteiger partial charge in [0.15, 0.2) is 0 Å². The molecule has 1 unspecified atom stereocenters. The summed E-state index contributed by atoms with van der Waals surface area (Å²) < 4.78 is 5.25. The van der Waals surface area contributed by atoms with Crippen LogP contribution in [0.15, 0.2) is 54.6 Å². The zero-order valence-electron chi connectivity index (χ0n) is 14.0. The molecule has 1 atom stereocenters. The maximum atomic E-state index is 12.3. The minimum atomic E-state index is -0.522. The van der Waals surface area contributed by atoms with E-state index < -0.39 is 16.8 Å². The summed E-state index contributed by atoms with van der Waals surface area (Å²) in [5, 5.41) is 10.6. The molecule has 26 heavy (non-hydrogen) atoms. The summed E-state index contributed by atoms with van der Waals surface area (Å²) in [5.74, 6) is -0.842. The molecule has 0 bridgehead atoms. The monoisotopic (exact) mass is 354 g/mol. The van der Waals surface area contributed by atoms with Gasteiger partial charge in [-0.1, -0.05) is 30.3 Å². The second-order valence-electron chi connectivity index (χ2n) is 6.15. The Labute approximate surface area is 150 Å². The van der Waals surface area contributed by atoms with Crippen molar-refractivity contribution in [2.75, 3.05) is 13.1 Å². The van der Waals surface area contributed by atoms with E-state index >= 15 is 0 Å². The number of ether oxygens (including phenoxy) is 1. The van der Waals surface area contributed by atoms with Crippen LogP contribution in [0.2, 0.25) is 0 Å². The number of carbonyl (C=O) groups is 2. The van der Waals surface area contributed by atoms with Gasteiger partial charge in [0.25, 0.3) is 5.69 Å². The number of nitro groups is 1. The van der Waals surface area contributed by atoms with Crippen molar-refractivity contribution in [2.24, 2.45) is 5.92 Å². The van der Waals surface area contributed by atoms with Crippen molar-refractivity contribution < 1.29 is 19.2 Å². The van der Waals surface area contributed by atoms with Gasteiger partial charge in [0.1, 0.15) is 5.75 Å². The summed E-state index contributed by atoms with van der Waals surface area (Å²) in [6.45, 7) is 0.891. The number of amides is 1. The van der Waals surface area contributed by atoms with Gasteiger partial charge in [0, 0.05) is 31.6 Å². The van der Waals surface area contributed by atoms with Crippen LogP contribution in [0.1, 0.15) is 12.0 Å². The van der Waals surface area contributed by atoms with Gasteiger partial charge in [-0.2, -0.15) is 0 Å². The van der Waals surface area contributed by atoms with E-state index in [1.807, 2.05) is 30.3 Å². The van der Waals surface area contributed by atoms with E-state index in [-0.39, 0.29) is 23.8 Å². The van der Waals surface area contributed by atoms with E-state index in [1.54, 1.807) is 4.90 Å². The number of carbonyl (C=O) groups excluding carboxylic acids is 2. The van der Waals surface area contributed by atoms with Crippen LogP contribution in [0, 0.1) is 16.0 Å². The van der Waals surface area contributed by atoms with Crippen molar-refractivity contribution in [1.82, 2.24) is 4.90 Å². The molecule has 1 heterocycles. The van der Waals surface area contributed by atoms with Crippen LogP contribution in [0.5, 0.6) is 5.75 Å². The number of nitrogens with zero attached hydrogens (tertiary/aromatic N) is 2. The van der Waals surface area contributed by atoms with Crippen LogP contribution in [-0.2, 0) is 16.0 Å². The normalized spacial score (nSPS) is 16.5. The van der Waals surface area contributed by atoms with Crippen LogP contribution in [-0.4, -0.2) is 34.8 Å². The molecule has 3 rings (SSSR count). The SMILES string of the molecule is O=C(Oc1ccc([N+](=O)[O-])cc1)C1CC(=O)N(CCc2ccccc2)C1. The molecule has 1 aliphatic heterocycles. The van der Waals surface area contributed by atoms with E-state index in [2.05, 4.69) is 0 Å². The van der Waals surface area contributed by atoms with Crippen molar-refractivity contribution in [3.8, 4) is 5.75 Å². The van der Waals surface area contributed by atoms with Crippen molar-refractivity contribution in [1.29, 1.82) is 0 Å². The second kappa shape index (κ2) is 7.77. The lowest BCUT2D eigenvalue weighted by molar-refractivity contribution is -0.384. The molecular formula is C19H18N2O5. The summed E-state index contributed by atoms with van der Waals surface area (Å²) in [7, 11) is 0. The number of nitro benzene ring substituents is 1. The Morgan fingerprint density at radius 1 is 1.15 bits per heavy atom. The fourth-order valence-corrected chi connectivity index (χ4v) is 2.89. The lowest BCUT2D eigenvalue weighted by Crippen LogP contribution is -2.29. The third kappa shape index (κ3) is 4.24. The summed E-state index contributed by atoms with van der Waals surface area (Å²) in [6, 6.07) is 15.1. The van der Waals surface area contributed by atoms with Gasteiger partial charge in [-0.25, -0.2) is 0 Å². The molecule has 0 radical (unpaired) electrons. The predicted octanol–water partition coefficient (Wildman–Crippen LogP) is 2.59. The number of benzene rings is 2. The van der Waals surface area contributed by atoms with Gasteiger partial charge in [0.2, 0.25) is 5.91 Å². The van der Waals surface area contributed by atoms with Crippen molar-refractivity contribution >= 4 is 17.6 Å². The molecular weight excluding hydrogens is 336 g/mol. The van der Waals surface area contributed by atoms with Crippen molar-refractivity contribution in [3.63, 3.8) is 0 Å². The van der Waals surface area contributed by atoms with Gasteiger partial charge in [-0.3, -0.25) is 19.7 Å². The maximum Gasteiger partial charge on any atom is 0.316 e. The first-order chi connectivity index (χ1) is 12.5. The lowest BCUT2D eigenvalue weighted by atomic mass is 10.1. The number of hydrogen-bond donors (Lipinski definition) is 0. The van der Waals surface area contributed by atoms with E-state index in [9.17, 15) is 19.7 Å². The van der Waals surface area contributed by atoms with E-state index in [1.165, 1.54) is 24.3 Å². The van der Waals surface area contributed by atoms with Crippen LogP contribution in [0.25, 0.3) is 0 Å². The number of rotatable bonds is 6. The molecule has 1 fully saturated rings. The molecule has 0 spiro atoms. The molecule has 0 N–H and O–H groups in total. The third-order valence-corrected chi connectivity index (χ3v) is 4.33. The number of likely N-dealkylation sites (tertiary alicyclic amines) is 1. The zero-order chi connectivity index (χ0) is 18.5. The van der Waals surface area contributed by atoms with E-state index in [0.717, 1.165) is 12.0 Å². The summed E-state index contributed by atoms with van der Waals surface area (Å²) in [4.78, 5) is 36.2. The molecule has 0 aromatic heterocycles. The first-order valence-corrected chi connectivity index (χ1v) is 8.31. The average Bonchev–Trinajstić information content (AvgIpc) is 3.02. The predicted molar refractivity (Wildman–Crippen MR) is 93.6 cm³/mol. The van der Waals surface area contributed by atoms with Gasteiger partial charge in [0.05, 0.1) is 10.8 Å². The van der Waals surface area contributed by atoms with E-state index in [0.29, 0.717) is 13.1 Å². The molecule has 1 saturated heterocycles. The first kappa shape index (κ1) is 17.6. The van der Waals surface area contributed by atoms with Gasteiger partial charge < -0.3 is 9.64 Å². The fraction of sp³-hybridized carbons (Fsp3) is 0.263. The standard InChI is InChI=1S/C19H18N2O5/c22-18-12-15(13-20(18)11-10-14-4-2-1-3-5-14)19(23)26-17-8-6-16(7-9-17)21(24)25/h1-9,15H,10-13H2. The quantitative estimate of drug-likeness (QED) is 0.344. The minimum absolute atomic E-state index is 0.0634. The Morgan fingerprint density at radius 2 is 1.85 bits per heavy atom. The molecule has 7 nitrogen and oxygen atoms in total. The van der Waals surface area contributed by atoms with Crippen molar-refractivity contribution in [2.45, 2.75) is 12.8 Å². The summed E-state index contributed by atoms with van der Waals surface area (Å²) in [6.07, 6.45) is 0.858. The van der Waals surface area contributed by atoms with Gasteiger partial charge >= 0.3 is 5.97 Å². The molecule has 1 amide bonds. The Bertz CT molecular complexity index is 804. The largest absolute Gasteiger partial charge is 0.426 e. The first-order valence-electron chi connectivity index (χ1n) is 8.31. The van der Waals surface area contributed by atoms with Crippen LogP contribution in [0.4, 0.5) is 5.69 Å². The molecule has 1 aliphatic rings. The second-order valence-corrected chi connectivity index (χ2v) is 6.15. The van der Waals surface area contributed by atoms with Crippen LogP contribution in [0.3, 0.4) is 0 Å². The average molecular weight is 354 g/mol. The van der Waals surface area contributed by atoms with Crippen molar-refractivity contribution in [3.05, 3.63) is 70.3 Å². The third-order valence-electron chi connectivity index (χ3n) is 4.33. The Kier molecular flexibility index (Phi) is 5.26. The van der Waals surface area contributed by atoms with Crippen LogP contribution < -0.4 is 4.74 Å². The molecule has 134 valence electrons. The van der Waals surface area contributed by atoms with Crippen LogP contribution >= 0.6 is 0 Å². The number of non-ortho nitro benzene ring substituents is 1. The molecule has 2 aromatic rings. The van der Waals surface area contributed by atoms with Gasteiger partial charge in [-0.05, 0) is 24.1 Å². The highest BCUT2D eigenvalue weighted by Crippen LogP contribution is 2.23. The molecule has 0 saturated carbocycles. The fourth-order valence-electron chi connectivity index (χ4n) is 2.89. The topological polar surface area (TPSA) is 89.7 Å². The Hall–Kier alpha value is -3.22. The molecule has 0 aliphatic carbocycles. The number of hydrogen-bond acceptors (Lipinski definition) is 5. The van der Waals surface area contributed by atoms with E-state index in [4.69, 9.17) is 4.74 Å². The highest BCUT2D eigenvalue weighted by Gasteiger charge is 2.35.